The number of benzene rings is 4. The first-order valence-corrected chi connectivity index (χ1v) is 38.5. The number of allylic oxidation sites excluding steroid dienone is 1. The standard InChI is InChI=1S/2C7H8.C6H12O2.2C6H6.C5H13N.3C5H10O2.C3H3ClO.4C2H6O.13C2H6/c2*1-7-5-3-2-4-6-7;1-3-5-8-6(7)4-2;2*1-2-4-6-5-3-1;1-4-6(3)5-2;3*1-3-5(6)7-4-2;1-2-3(4)5;4*1-3-2;13*1-2/h2*2-6H,1H3;4,6-7H,2-3,5H2,1H3;2*1-6H;4-5H2,1-3H3;3*3,5-6H,1,4H2,2H3;2H,1H2;4*1-2H3;13*1-2H3. The van der Waals surface area contributed by atoms with Crippen LogP contribution in [0, 0.1) is 13.8 Å². The third kappa shape index (κ3) is 358. The van der Waals surface area contributed by atoms with E-state index in [0.29, 0.717) is 26.4 Å². The Labute approximate surface area is 659 Å². The van der Waals surface area contributed by atoms with Crippen molar-refractivity contribution >= 4 is 16.8 Å². The SMILES string of the molecule is C=CC(=O)Cl.C=CC(O)OCC.C=CC(O)OCC.C=CC(O)OCC.C=CC(O)OCCC.CC.CC.CC.CC.CC.CC.CC.CC.CC.CC.CC.CC.CC.CCN(C)CC.COC.COC.COC.COC.Cc1ccccc1.Cc1ccccc1.c1ccccc1.c1ccccc1. The lowest BCUT2D eigenvalue weighted by molar-refractivity contribution is -0.107. The zero-order valence-electron chi connectivity index (χ0n) is 77.2. The van der Waals surface area contributed by atoms with Crippen LogP contribution in [-0.4, -0.2) is 159 Å². The summed E-state index contributed by atoms with van der Waals surface area (Å²) in [5.74, 6) is 0. The molecular formula is C89H188ClNO13. The third-order valence-corrected chi connectivity index (χ3v) is 6.92. The van der Waals surface area contributed by atoms with Crippen molar-refractivity contribution in [1.82, 2.24) is 4.90 Å². The molecule has 14 nitrogen and oxygen atoms in total. The number of carbonyl (C=O) groups excluding carboxylic acids is 1. The van der Waals surface area contributed by atoms with Crippen LogP contribution < -0.4 is 0 Å². The zero-order chi connectivity index (χ0) is 88.3. The van der Waals surface area contributed by atoms with Gasteiger partial charge in [-0.1, -0.05) is 378 Å². The summed E-state index contributed by atoms with van der Waals surface area (Å²) in [6.07, 6.45) is 4.19. The van der Waals surface area contributed by atoms with Gasteiger partial charge in [-0.25, -0.2) is 0 Å². The number of aryl methyl sites for hydroxylation is 2. The molecule has 4 atom stereocenters. The van der Waals surface area contributed by atoms with E-state index in [1.165, 1.54) is 35.4 Å². The average Bonchev–Trinajstić information content (AvgIpc) is 1.68. The molecule has 0 saturated heterocycles. The number of nitrogens with zero attached hydrogens (tertiary/aromatic N) is 1. The molecule has 0 spiro atoms. The Kier molecular flexibility index (Phi) is 392. The highest BCUT2D eigenvalue weighted by Crippen LogP contribution is 1.93. The number of aliphatic hydroxyl groups is 4. The van der Waals surface area contributed by atoms with Gasteiger partial charge < -0.3 is 63.2 Å². The molecule has 0 bridgehead atoms. The maximum Gasteiger partial charge on any atom is 0.244 e. The summed E-state index contributed by atoms with van der Waals surface area (Å²) < 4.78 is 35.7. The van der Waals surface area contributed by atoms with E-state index in [1.807, 2.05) is 317 Å². The van der Waals surface area contributed by atoms with Gasteiger partial charge in [-0.2, -0.15) is 0 Å². The fraction of sp³-hybridized carbons (Fsp3) is 0.607. The Balaban J connectivity index is -0.0000000318. The van der Waals surface area contributed by atoms with Crippen LogP contribution in [0.15, 0.2) is 197 Å². The minimum atomic E-state index is -0.787. The summed E-state index contributed by atoms with van der Waals surface area (Å²) in [6, 6.07) is 44.5. The highest BCUT2D eigenvalue weighted by Gasteiger charge is 1.93. The van der Waals surface area contributed by atoms with E-state index in [2.05, 4.69) is 130 Å². The van der Waals surface area contributed by atoms with Crippen LogP contribution in [0.1, 0.15) is 239 Å². The minimum Gasteiger partial charge on any atom is -0.388 e. The van der Waals surface area contributed by atoms with Crippen LogP contribution in [-0.2, 0) is 42.7 Å². The summed E-state index contributed by atoms with van der Waals surface area (Å²) in [5.41, 5.74) is 2.64. The second-order valence-corrected chi connectivity index (χ2v) is 14.4. The Morgan fingerprint density at radius 2 is 0.481 bits per heavy atom. The number of hydrogen-bond donors (Lipinski definition) is 4. The van der Waals surface area contributed by atoms with Crippen LogP contribution in [0.4, 0.5) is 0 Å². The quantitative estimate of drug-likeness (QED) is 0.0361. The number of methoxy groups -OCH3 is 4. The molecule has 634 valence electrons. The van der Waals surface area contributed by atoms with Gasteiger partial charge >= 0.3 is 0 Å². The van der Waals surface area contributed by atoms with Crippen LogP contribution >= 0.6 is 11.6 Å². The Bertz CT molecular complexity index is 1430. The van der Waals surface area contributed by atoms with Crippen molar-refractivity contribution < 1.29 is 63.1 Å². The van der Waals surface area contributed by atoms with Gasteiger partial charge in [0.2, 0.25) is 5.24 Å². The number of ether oxygens (including phenoxy) is 8. The summed E-state index contributed by atoms with van der Waals surface area (Å²) in [7, 11) is 15.1. The smallest absolute Gasteiger partial charge is 0.244 e. The molecule has 0 fully saturated rings. The van der Waals surface area contributed by atoms with E-state index in [4.69, 9.17) is 36.8 Å². The van der Waals surface area contributed by atoms with Gasteiger partial charge in [0.1, 0.15) is 0 Å². The number of halogens is 1. The van der Waals surface area contributed by atoms with Gasteiger partial charge in [0.15, 0.2) is 25.2 Å². The molecule has 0 aliphatic heterocycles. The topological polar surface area (TPSA) is 175 Å². The Hall–Kier alpha value is -4.98. The first-order valence-electron chi connectivity index (χ1n) is 38.1. The van der Waals surface area contributed by atoms with Gasteiger partial charge in [-0.15, -0.1) is 0 Å². The van der Waals surface area contributed by atoms with Crippen LogP contribution in [0.3, 0.4) is 0 Å². The van der Waals surface area contributed by atoms with Gasteiger partial charge in [-0.3, -0.25) is 4.79 Å². The second kappa shape index (κ2) is 248. The third-order valence-electron chi connectivity index (χ3n) is 6.77. The molecule has 4 unspecified atom stereocenters. The summed E-state index contributed by atoms with van der Waals surface area (Å²) in [4.78, 5) is 11.7. The molecule has 0 radical (unpaired) electrons. The number of carbonyl (C=O) groups is 1. The maximum atomic E-state index is 9.46. The van der Waals surface area contributed by atoms with Gasteiger partial charge in [0, 0.05) is 83.3 Å². The summed E-state index contributed by atoms with van der Waals surface area (Å²) in [6.45, 7) is 88.7. The summed E-state index contributed by atoms with van der Waals surface area (Å²) in [5, 5.41) is 33.7. The number of aliphatic hydroxyl groups excluding tert-OH is 4. The van der Waals surface area contributed by atoms with Crippen molar-refractivity contribution in [2.75, 3.05) is 103 Å². The lowest BCUT2D eigenvalue weighted by Gasteiger charge is -2.07. The molecule has 0 saturated carbocycles. The normalized spacial score (nSPS) is 8.16. The van der Waals surface area contributed by atoms with Crippen molar-refractivity contribution in [3.8, 4) is 0 Å². The van der Waals surface area contributed by atoms with Gasteiger partial charge in [-0.05, 0) is 103 Å². The molecule has 15 heteroatoms. The first kappa shape index (κ1) is 165. The second-order valence-electron chi connectivity index (χ2n) is 14.0. The van der Waals surface area contributed by atoms with Crippen molar-refractivity contribution in [1.29, 1.82) is 0 Å². The van der Waals surface area contributed by atoms with E-state index in [0.717, 1.165) is 25.6 Å². The van der Waals surface area contributed by atoms with Crippen molar-refractivity contribution in [2.45, 2.75) is 267 Å². The average molecular weight is 1520 g/mol. The molecule has 0 aliphatic carbocycles. The predicted octanol–water partition coefficient (Wildman–Crippen LogP) is 26.1. The van der Waals surface area contributed by atoms with Crippen molar-refractivity contribution in [2.24, 2.45) is 0 Å². The van der Waals surface area contributed by atoms with Crippen LogP contribution in [0.5, 0.6) is 0 Å². The predicted molar refractivity (Wildman–Crippen MR) is 480 cm³/mol. The maximum absolute atomic E-state index is 9.46. The summed E-state index contributed by atoms with van der Waals surface area (Å²) >= 11 is 4.71. The molecule has 4 aromatic rings. The highest BCUT2D eigenvalue weighted by atomic mass is 35.5. The molecule has 0 aliphatic rings. The first-order chi connectivity index (χ1) is 50.3. The molecule has 0 aromatic heterocycles. The van der Waals surface area contributed by atoms with Crippen LogP contribution in [0.25, 0.3) is 0 Å². The molecule has 4 rings (SSSR count). The highest BCUT2D eigenvalue weighted by molar-refractivity contribution is 6.66. The molecule has 0 heterocycles. The molecular weight excluding hydrogens is 1330 g/mol. The number of rotatable bonds is 16. The minimum absolute atomic E-state index is 0.509. The lowest BCUT2D eigenvalue weighted by atomic mass is 10.2. The van der Waals surface area contributed by atoms with Gasteiger partial charge in [0.25, 0.3) is 0 Å². The Morgan fingerprint density at radius 3 is 0.548 bits per heavy atom. The molecule has 0 amide bonds. The van der Waals surface area contributed by atoms with Gasteiger partial charge in [0.05, 0.1) is 0 Å². The molecule has 104 heavy (non-hydrogen) atoms. The van der Waals surface area contributed by atoms with Crippen molar-refractivity contribution in [3.05, 3.63) is 208 Å². The largest absolute Gasteiger partial charge is 0.388 e. The molecule has 4 aromatic carbocycles. The van der Waals surface area contributed by atoms with E-state index in [1.54, 1.807) is 56.9 Å². The fourth-order valence-corrected chi connectivity index (χ4v) is 3.09. The van der Waals surface area contributed by atoms with E-state index < -0.39 is 30.4 Å². The van der Waals surface area contributed by atoms with E-state index in [9.17, 15) is 4.79 Å². The fourth-order valence-electron chi connectivity index (χ4n) is 3.09. The van der Waals surface area contributed by atoms with E-state index >= 15 is 0 Å². The Morgan fingerprint density at radius 1 is 0.346 bits per heavy atom. The van der Waals surface area contributed by atoms with E-state index in [-0.39, 0.29) is 0 Å². The number of hydrogen-bond acceptors (Lipinski definition) is 14. The molecule has 4 N–H and O–H groups in total. The monoisotopic (exact) mass is 1510 g/mol. The zero-order valence-corrected chi connectivity index (χ0v) is 77.9. The van der Waals surface area contributed by atoms with Crippen LogP contribution in [0.2, 0.25) is 0 Å². The van der Waals surface area contributed by atoms with Crippen molar-refractivity contribution in [3.63, 3.8) is 0 Å². The lowest BCUT2D eigenvalue weighted by Crippen LogP contribution is -2.15.